The number of anilines is 1. The lowest BCUT2D eigenvalue weighted by atomic mass is 10.1. The highest BCUT2D eigenvalue weighted by molar-refractivity contribution is 9.10. The Labute approximate surface area is 176 Å². The van der Waals surface area contributed by atoms with E-state index >= 15 is 0 Å². The number of nitrogens with one attached hydrogen (secondary N) is 1. The molecule has 1 N–H and O–H groups in total. The number of halogens is 2. The Morgan fingerprint density at radius 3 is 2.62 bits per heavy atom. The summed E-state index contributed by atoms with van der Waals surface area (Å²) in [5.41, 5.74) is 1.75. The maximum atomic E-state index is 13.4. The number of ether oxygens (including phenoxy) is 1. The highest BCUT2D eigenvalue weighted by atomic mass is 79.9. The molecule has 0 unspecified atom stereocenters. The highest BCUT2D eigenvalue weighted by Gasteiger charge is 2.12. The zero-order chi connectivity index (χ0) is 20.6. The molecule has 4 nitrogen and oxygen atoms in total. The molecule has 0 heterocycles. The Kier molecular flexibility index (Phi) is 6.77. The lowest BCUT2D eigenvalue weighted by molar-refractivity contribution is -0.112. The van der Waals surface area contributed by atoms with Crippen molar-refractivity contribution in [2.45, 2.75) is 6.61 Å². The largest absolute Gasteiger partial charge is 0.488 e. The number of hydrogen-bond donors (Lipinski definition) is 1. The van der Waals surface area contributed by atoms with Gasteiger partial charge in [0.15, 0.2) is 0 Å². The lowest BCUT2D eigenvalue weighted by Crippen LogP contribution is -2.13. The van der Waals surface area contributed by atoms with Crippen LogP contribution in [0.5, 0.6) is 5.75 Å². The van der Waals surface area contributed by atoms with Crippen LogP contribution in [0.2, 0.25) is 0 Å². The van der Waals surface area contributed by atoms with Crippen molar-refractivity contribution in [1.82, 2.24) is 0 Å². The minimum atomic E-state index is -0.519. The first-order valence-corrected chi connectivity index (χ1v) is 9.49. The second-order valence-electron chi connectivity index (χ2n) is 6.09. The number of benzene rings is 3. The fourth-order valence-electron chi connectivity index (χ4n) is 2.58. The maximum Gasteiger partial charge on any atom is 0.266 e. The summed E-state index contributed by atoms with van der Waals surface area (Å²) in [4.78, 5) is 12.5. The van der Waals surface area contributed by atoms with Gasteiger partial charge in [0, 0.05) is 15.7 Å². The van der Waals surface area contributed by atoms with Gasteiger partial charge in [-0.2, -0.15) is 5.26 Å². The van der Waals surface area contributed by atoms with Crippen molar-refractivity contribution in [3.8, 4) is 11.8 Å². The molecule has 0 spiro atoms. The summed E-state index contributed by atoms with van der Waals surface area (Å²) >= 11 is 3.39. The first kappa shape index (κ1) is 20.3. The summed E-state index contributed by atoms with van der Waals surface area (Å²) < 4.78 is 19.9. The van der Waals surface area contributed by atoms with Crippen molar-refractivity contribution in [1.29, 1.82) is 5.26 Å². The average Bonchev–Trinajstić information content (AvgIpc) is 2.72. The average molecular weight is 451 g/mol. The Morgan fingerprint density at radius 1 is 1.10 bits per heavy atom. The molecule has 3 rings (SSSR count). The van der Waals surface area contributed by atoms with Crippen molar-refractivity contribution in [3.05, 3.63) is 99.8 Å². The molecule has 6 heteroatoms. The highest BCUT2D eigenvalue weighted by Crippen LogP contribution is 2.27. The Balaban J connectivity index is 1.83. The molecule has 0 bridgehead atoms. The number of nitriles is 1. The molecule has 29 heavy (non-hydrogen) atoms. The number of hydrogen-bond acceptors (Lipinski definition) is 3. The third-order valence-corrected chi connectivity index (χ3v) is 4.45. The first-order valence-electron chi connectivity index (χ1n) is 8.70. The van der Waals surface area contributed by atoms with Gasteiger partial charge in [-0.3, -0.25) is 4.79 Å². The van der Waals surface area contributed by atoms with E-state index in [4.69, 9.17) is 4.74 Å². The van der Waals surface area contributed by atoms with Crippen LogP contribution in [-0.4, -0.2) is 5.91 Å². The van der Waals surface area contributed by atoms with E-state index in [-0.39, 0.29) is 18.0 Å². The quantitative estimate of drug-likeness (QED) is 0.386. The molecule has 0 aromatic heterocycles. The second-order valence-corrected chi connectivity index (χ2v) is 7.01. The predicted molar refractivity (Wildman–Crippen MR) is 114 cm³/mol. The van der Waals surface area contributed by atoms with Crippen molar-refractivity contribution in [2.75, 3.05) is 5.32 Å². The summed E-state index contributed by atoms with van der Waals surface area (Å²) in [5.74, 6) is -0.390. The summed E-state index contributed by atoms with van der Waals surface area (Å²) in [6.07, 6.45) is 1.46. The van der Waals surface area contributed by atoms with Gasteiger partial charge in [-0.25, -0.2) is 4.39 Å². The summed E-state index contributed by atoms with van der Waals surface area (Å²) in [5, 5.41) is 12.1. The molecule has 3 aromatic carbocycles. The van der Waals surface area contributed by atoms with Gasteiger partial charge in [-0.15, -0.1) is 0 Å². The Bertz CT molecular complexity index is 1090. The van der Waals surface area contributed by atoms with Crippen LogP contribution >= 0.6 is 15.9 Å². The van der Waals surface area contributed by atoms with Crippen molar-refractivity contribution in [2.24, 2.45) is 0 Å². The summed E-state index contributed by atoms with van der Waals surface area (Å²) in [6, 6.07) is 22.2. The van der Waals surface area contributed by atoms with Gasteiger partial charge < -0.3 is 10.1 Å². The molecule has 0 saturated heterocycles. The molecule has 0 fully saturated rings. The van der Waals surface area contributed by atoms with E-state index in [2.05, 4.69) is 21.2 Å². The summed E-state index contributed by atoms with van der Waals surface area (Å²) in [6.45, 7) is 0.151. The van der Waals surface area contributed by atoms with E-state index in [0.717, 1.165) is 4.47 Å². The number of carbonyl (C=O) groups excluding carboxylic acids is 1. The third kappa shape index (κ3) is 5.77. The van der Waals surface area contributed by atoms with E-state index < -0.39 is 5.91 Å². The molecular weight excluding hydrogens is 435 g/mol. The van der Waals surface area contributed by atoms with Gasteiger partial charge >= 0.3 is 0 Å². The molecule has 0 aliphatic rings. The Hall–Kier alpha value is -3.43. The van der Waals surface area contributed by atoms with Gasteiger partial charge in [-0.1, -0.05) is 46.3 Å². The van der Waals surface area contributed by atoms with Crippen LogP contribution in [0.15, 0.2) is 82.8 Å². The van der Waals surface area contributed by atoms with Gasteiger partial charge in [0.2, 0.25) is 0 Å². The first-order chi connectivity index (χ1) is 14.0. The molecule has 0 aliphatic heterocycles. The van der Waals surface area contributed by atoms with Gasteiger partial charge in [-0.05, 0) is 54.1 Å². The van der Waals surface area contributed by atoms with Crippen LogP contribution in [0, 0.1) is 17.1 Å². The molecule has 0 atom stereocenters. The van der Waals surface area contributed by atoms with Crippen LogP contribution in [-0.2, 0) is 11.4 Å². The van der Waals surface area contributed by atoms with Gasteiger partial charge in [0.05, 0.1) is 0 Å². The van der Waals surface area contributed by atoms with Gasteiger partial charge in [0.1, 0.15) is 29.8 Å². The van der Waals surface area contributed by atoms with Crippen molar-refractivity contribution >= 4 is 33.6 Å². The van der Waals surface area contributed by atoms with Crippen LogP contribution in [0.3, 0.4) is 0 Å². The second kappa shape index (κ2) is 9.67. The molecule has 144 valence electrons. The van der Waals surface area contributed by atoms with Crippen LogP contribution in [0.1, 0.15) is 11.1 Å². The zero-order valence-electron chi connectivity index (χ0n) is 15.2. The van der Waals surface area contributed by atoms with E-state index in [0.29, 0.717) is 22.6 Å². The number of rotatable bonds is 6. The number of carbonyl (C=O) groups is 1. The van der Waals surface area contributed by atoms with Crippen LogP contribution < -0.4 is 10.1 Å². The monoisotopic (exact) mass is 450 g/mol. The normalized spacial score (nSPS) is 10.9. The fourth-order valence-corrected chi connectivity index (χ4v) is 2.95. The molecule has 0 radical (unpaired) electrons. The predicted octanol–water partition coefficient (Wildman–Crippen LogP) is 5.71. The van der Waals surface area contributed by atoms with E-state index in [1.165, 1.54) is 18.2 Å². The minimum Gasteiger partial charge on any atom is -0.488 e. The number of nitrogens with zero attached hydrogens (tertiary/aromatic N) is 1. The van der Waals surface area contributed by atoms with Crippen molar-refractivity contribution in [3.63, 3.8) is 0 Å². The summed E-state index contributed by atoms with van der Waals surface area (Å²) in [7, 11) is 0. The van der Waals surface area contributed by atoms with Crippen molar-refractivity contribution < 1.29 is 13.9 Å². The van der Waals surface area contributed by atoms with E-state index in [1.807, 2.05) is 12.1 Å². The molecule has 3 aromatic rings. The molecular formula is C23H16BrFN2O2. The maximum absolute atomic E-state index is 13.4. The zero-order valence-corrected chi connectivity index (χ0v) is 16.8. The standard InChI is InChI=1S/C23H16BrFN2O2/c24-19-9-10-22(29-15-16-5-4-6-20(25)11-16)17(13-19)12-18(14-26)23(28)27-21-7-2-1-3-8-21/h1-13H,15H2,(H,27,28)/b18-12+. The topological polar surface area (TPSA) is 62.1 Å². The van der Waals surface area contributed by atoms with Crippen LogP contribution in [0.4, 0.5) is 10.1 Å². The third-order valence-electron chi connectivity index (χ3n) is 3.95. The number of amides is 1. The Morgan fingerprint density at radius 2 is 1.90 bits per heavy atom. The van der Waals surface area contributed by atoms with E-state index in [9.17, 15) is 14.4 Å². The van der Waals surface area contributed by atoms with Crippen LogP contribution in [0.25, 0.3) is 6.08 Å². The molecule has 0 aliphatic carbocycles. The SMILES string of the molecule is N#C/C(=C\c1cc(Br)ccc1OCc1cccc(F)c1)C(=O)Nc1ccccc1. The minimum absolute atomic E-state index is 0.0671. The number of para-hydroxylation sites is 1. The van der Waals surface area contributed by atoms with E-state index in [1.54, 1.807) is 54.6 Å². The van der Waals surface area contributed by atoms with Gasteiger partial charge in [0.25, 0.3) is 5.91 Å². The molecule has 0 saturated carbocycles. The smallest absolute Gasteiger partial charge is 0.266 e. The fraction of sp³-hybridized carbons (Fsp3) is 0.0435. The lowest BCUT2D eigenvalue weighted by Gasteiger charge is -2.11. The molecule has 1 amide bonds.